The molecule has 3 rings (SSSR count). The third-order valence-electron chi connectivity index (χ3n) is 4.86. The van der Waals surface area contributed by atoms with Crippen LogP contribution in [0.2, 0.25) is 0 Å². The molecule has 3 aromatic rings. The maximum absolute atomic E-state index is 13.5. The fourth-order valence-corrected chi connectivity index (χ4v) is 8.27. The smallest absolute Gasteiger partial charge is 0.341 e. The van der Waals surface area contributed by atoms with Crippen LogP contribution in [0, 0.1) is 0 Å². The summed E-state index contributed by atoms with van der Waals surface area (Å²) in [7, 11) is 0. The average Bonchev–Trinajstić information content (AvgIpc) is 2.78. The summed E-state index contributed by atoms with van der Waals surface area (Å²) in [5, 5.41) is 3.53. The lowest BCUT2D eigenvalue weighted by Crippen LogP contribution is -2.38. The molecule has 6 heteroatoms. The number of benzene rings is 3. The van der Waals surface area contributed by atoms with E-state index in [1.807, 2.05) is 54.6 Å². The minimum Gasteiger partial charge on any atom is -0.462 e. The first kappa shape index (κ1) is 22.7. The summed E-state index contributed by atoms with van der Waals surface area (Å²) in [5.74, 6) is -0.412. The van der Waals surface area contributed by atoms with Crippen LogP contribution in [-0.2, 0) is 9.53 Å². The van der Waals surface area contributed by atoms with E-state index >= 15 is 0 Å². The summed E-state index contributed by atoms with van der Waals surface area (Å²) < 4.78 is 5.56. The number of hydrogen-bond donors (Lipinski definition) is 1. The first-order valence-electron chi connectivity index (χ1n) is 9.97. The number of carbonyl (C=O) groups is 1. The van der Waals surface area contributed by atoms with Crippen molar-refractivity contribution >= 4 is 57.1 Å². The van der Waals surface area contributed by atoms with E-state index in [1.54, 1.807) is 13.8 Å². The molecule has 0 bridgehead atoms. The second kappa shape index (κ2) is 10.3. The highest BCUT2D eigenvalue weighted by atomic mass is 32.1. The fourth-order valence-electron chi connectivity index (χ4n) is 3.73. The molecule has 2 N–H and O–H groups in total. The van der Waals surface area contributed by atoms with Crippen LogP contribution in [0.25, 0.3) is 0 Å². The molecular weight excluding hydrogens is 423 g/mol. The van der Waals surface area contributed by atoms with Gasteiger partial charge in [-0.25, -0.2) is 9.79 Å². The van der Waals surface area contributed by atoms with Gasteiger partial charge in [-0.15, -0.1) is 0 Å². The molecule has 0 aromatic heterocycles. The van der Waals surface area contributed by atoms with E-state index < -0.39 is 12.9 Å². The van der Waals surface area contributed by atoms with Gasteiger partial charge in [-0.1, -0.05) is 91.0 Å². The Morgan fingerprint density at radius 1 is 0.871 bits per heavy atom. The van der Waals surface area contributed by atoms with Crippen LogP contribution in [0.3, 0.4) is 0 Å². The summed E-state index contributed by atoms with van der Waals surface area (Å²) in [6.45, 7) is 1.15. The molecule has 158 valence electrons. The number of aliphatic imine (C=N–C) groups is 1. The summed E-state index contributed by atoms with van der Waals surface area (Å²) in [5.41, 5.74) is 6.22. The van der Waals surface area contributed by atoms with Gasteiger partial charge in [0.15, 0.2) is 5.11 Å². The zero-order valence-electron chi connectivity index (χ0n) is 17.6. The summed E-state index contributed by atoms with van der Waals surface area (Å²) in [6, 6.07) is 30.1. The van der Waals surface area contributed by atoms with Gasteiger partial charge in [-0.3, -0.25) is 0 Å². The molecule has 0 aliphatic heterocycles. The fraction of sp³-hybridized carbons (Fsp3) is 0.120. The highest BCUT2D eigenvalue weighted by Gasteiger charge is 2.35. The number of thiocarbonyl (C=S) groups is 1. The van der Waals surface area contributed by atoms with Gasteiger partial charge in [0, 0.05) is 0 Å². The van der Waals surface area contributed by atoms with E-state index in [4.69, 9.17) is 22.7 Å². The van der Waals surface area contributed by atoms with Crippen molar-refractivity contribution in [2.75, 3.05) is 6.61 Å². The molecule has 0 spiro atoms. The zero-order valence-corrected chi connectivity index (χ0v) is 19.3. The van der Waals surface area contributed by atoms with Crippen molar-refractivity contribution in [2.45, 2.75) is 13.8 Å². The van der Waals surface area contributed by atoms with Gasteiger partial charge in [0.2, 0.25) is 0 Å². The largest absolute Gasteiger partial charge is 0.462 e. The van der Waals surface area contributed by atoms with Crippen LogP contribution in [0.4, 0.5) is 0 Å². The monoisotopic (exact) mass is 448 g/mol. The quantitative estimate of drug-likeness (QED) is 0.272. The minimum atomic E-state index is -2.67. The normalized spacial score (nSPS) is 11.6. The van der Waals surface area contributed by atoms with E-state index in [1.165, 1.54) is 0 Å². The van der Waals surface area contributed by atoms with Crippen LogP contribution < -0.4 is 21.6 Å². The number of nitrogens with two attached hydrogens (primary N) is 1. The van der Waals surface area contributed by atoms with Gasteiger partial charge in [-0.05, 0) is 48.9 Å². The zero-order chi connectivity index (χ0) is 22.3. The van der Waals surface area contributed by atoms with Crippen molar-refractivity contribution in [3.63, 3.8) is 0 Å². The second-order valence-corrected chi connectivity index (χ2v) is 10.5. The van der Waals surface area contributed by atoms with Crippen molar-refractivity contribution in [1.29, 1.82) is 0 Å². The summed E-state index contributed by atoms with van der Waals surface area (Å²) in [6.07, 6.45) is 0. The van der Waals surface area contributed by atoms with Crippen molar-refractivity contribution in [3.05, 3.63) is 91.0 Å². The van der Waals surface area contributed by atoms with Crippen molar-refractivity contribution in [1.82, 2.24) is 0 Å². The first-order valence-corrected chi connectivity index (χ1v) is 12.2. The predicted molar refractivity (Wildman–Crippen MR) is 137 cm³/mol. The highest BCUT2D eigenvalue weighted by Crippen LogP contribution is 2.46. The maximum atomic E-state index is 13.5. The van der Waals surface area contributed by atoms with Crippen molar-refractivity contribution in [2.24, 2.45) is 10.7 Å². The van der Waals surface area contributed by atoms with Crippen LogP contribution in [-0.4, -0.2) is 28.7 Å². The van der Waals surface area contributed by atoms with Crippen molar-refractivity contribution < 1.29 is 9.53 Å². The van der Waals surface area contributed by atoms with E-state index in [2.05, 4.69) is 41.4 Å². The number of esters is 1. The van der Waals surface area contributed by atoms with Crippen LogP contribution in [0.1, 0.15) is 13.8 Å². The van der Waals surface area contributed by atoms with Gasteiger partial charge in [0.1, 0.15) is 0 Å². The molecular formula is C25H25N2O2PS. The molecule has 0 amide bonds. The third-order valence-corrected chi connectivity index (χ3v) is 9.34. The minimum absolute atomic E-state index is 0.0217. The Kier molecular flexibility index (Phi) is 7.56. The molecule has 0 saturated carbocycles. The topological polar surface area (TPSA) is 64.7 Å². The molecule has 0 atom stereocenters. The lowest BCUT2D eigenvalue weighted by molar-refractivity contribution is -0.134. The lowest BCUT2D eigenvalue weighted by Gasteiger charge is -2.32. The average molecular weight is 449 g/mol. The molecule has 31 heavy (non-hydrogen) atoms. The number of hydrogen-bond acceptors (Lipinski definition) is 3. The molecule has 4 nitrogen and oxygen atoms in total. The second-order valence-electron chi connectivity index (χ2n) is 6.78. The number of carbonyl (C=O) groups excluding carboxylic acids is 1. The van der Waals surface area contributed by atoms with E-state index in [-0.39, 0.29) is 11.7 Å². The Labute approximate surface area is 188 Å². The van der Waals surface area contributed by atoms with Crippen LogP contribution >= 0.6 is 19.1 Å². The molecule has 0 fully saturated rings. The Hall–Kier alpha value is -3.01. The Balaban J connectivity index is 2.66. The molecule has 0 heterocycles. The first-order chi connectivity index (χ1) is 15.0. The Morgan fingerprint density at radius 3 is 1.58 bits per heavy atom. The molecule has 3 aromatic carbocycles. The third kappa shape index (κ3) is 4.68. The molecule has 0 unspecified atom stereocenters. The van der Waals surface area contributed by atoms with E-state index in [0.717, 1.165) is 15.9 Å². The lowest BCUT2D eigenvalue weighted by atomic mass is 10.3. The molecule has 0 radical (unpaired) electrons. The Bertz CT molecular complexity index is 1040. The summed E-state index contributed by atoms with van der Waals surface area (Å²) >= 11 is 5.05. The standard InChI is InChI=1S/C25H25N2O2PS/c1-3-29-24(28)23(19(2)27-25(26)31)30(20-13-7-4-8-14-20,21-15-9-5-10-16-21)22-17-11-6-12-18-22/h4-18H,3H2,1-2H3,(H2,26,31). The van der Waals surface area contributed by atoms with Crippen LogP contribution in [0.5, 0.6) is 0 Å². The van der Waals surface area contributed by atoms with E-state index in [0.29, 0.717) is 11.0 Å². The number of ether oxygens (including phenoxy) is 1. The molecule has 0 aliphatic carbocycles. The maximum Gasteiger partial charge on any atom is 0.341 e. The van der Waals surface area contributed by atoms with Crippen molar-refractivity contribution in [3.8, 4) is 0 Å². The number of rotatable bonds is 6. The van der Waals surface area contributed by atoms with Gasteiger partial charge < -0.3 is 10.5 Å². The number of nitrogens with zero attached hydrogens (tertiary/aromatic N) is 1. The molecule has 0 saturated heterocycles. The van der Waals surface area contributed by atoms with Gasteiger partial charge >= 0.3 is 5.97 Å². The van der Waals surface area contributed by atoms with Crippen LogP contribution in [0.15, 0.2) is 96.0 Å². The molecule has 0 aliphatic rings. The predicted octanol–water partition coefficient (Wildman–Crippen LogP) is 3.42. The van der Waals surface area contributed by atoms with Gasteiger partial charge in [-0.2, -0.15) is 0 Å². The Morgan fingerprint density at radius 2 is 1.26 bits per heavy atom. The van der Waals surface area contributed by atoms with Gasteiger partial charge in [0.25, 0.3) is 0 Å². The highest BCUT2D eigenvalue weighted by molar-refractivity contribution is 7.97. The summed E-state index contributed by atoms with van der Waals surface area (Å²) in [4.78, 5) is 17.9. The SMILES string of the molecule is CCOC(=O)C(C(C)=NC(N)=S)=P(c1ccccc1)(c1ccccc1)c1ccccc1. The van der Waals surface area contributed by atoms with Gasteiger partial charge in [0.05, 0.1) is 17.6 Å². The van der Waals surface area contributed by atoms with E-state index in [9.17, 15) is 4.79 Å².